The van der Waals surface area contributed by atoms with E-state index in [1.54, 1.807) is 18.2 Å². The van der Waals surface area contributed by atoms with Crippen molar-refractivity contribution in [1.82, 2.24) is 20.3 Å². The number of nitrogens with one attached hydrogen (secondary N) is 3. The first kappa shape index (κ1) is 20.3. The maximum atomic E-state index is 12.6. The molecule has 2 saturated heterocycles. The molecule has 0 radical (unpaired) electrons. The first-order valence-corrected chi connectivity index (χ1v) is 10.7. The Balaban J connectivity index is 1.62. The Morgan fingerprint density at radius 1 is 1.32 bits per heavy atom. The lowest BCUT2D eigenvalue weighted by Crippen LogP contribution is -2.58. The monoisotopic (exact) mass is 404 g/mol. The maximum absolute atomic E-state index is 12.6. The van der Waals surface area contributed by atoms with Crippen LogP contribution in [0.2, 0.25) is 0 Å². The van der Waals surface area contributed by atoms with Gasteiger partial charge in [-0.1, -0.05) is 24.1 Å². The third-order valence-electron chi connectivity index (χ3n) is 5.09. The van der Waals surface area contributed by atoms with Crippen molar-refractivity contribution >= 4 is 21.8 Å². The minimum atomic E-state index is -3.65. The van der Waals surface area contributed by atoms with Crippen LogP contribution >= 0.6 is 0 Å². The molecule has 3 rings (SSSR count). The van der Waals surface area contributed by atoms with E-state index < -0.39 is 16.1 Å². The number of hydrogen-bond acceptors (Lipinski definition) is 5. The van der Waals surface area contributed by atoms with Gasteiger partial charge in [0.2, 0.25) is 21.8 Å². The molecule has 0 saturated carbocycles. The minimum absolute atomic E-state index is 0.0227. The lowest BCUT2D eigenvalue weighted by molar-refractivity contribution is -0.129. The fourth-order valence-electron chi connectivity index (χ4n) is 3.75. The molecular formula is C19H24N4O4S. The van der Waals surface area contributed by atoms with Gasteiger partial charge in [0.05, 0.1) is 17.5 Å². The van der Waals surface area contributed by atoms with Crippen LogP contribution in [0.4, 0.5) is 0 Å². The van der Waals surface area contributed by atoms with Crippen LogP contribution in [0.3, 0.4) is 0 Å². The van der Waals surface area contributed by atoms with Crippen molar-refractivity contribution < 1.29 is 18.0 Å². The predicted octanol–water partition coefficient (Wildman–Crippen LogP) is -0.564. The topological polar surface area (TPSA) is 108 Å². The van der Waals surface area contributed by atoms with Crippen molar-refractivity contribution in [3.8, 4) is 12.3 Å². The Bertz CT molecular complexity index is 866. The molecule has 2 aliphatic rings. The Labute approximate surface area is 165 Å². The van der Waals surface area contributed by atoms with Gasteiger partial charge in [-0.15, -0.1) is 6.42 Å². The van der Waals surface area contributed by atoms with Crippen LogP contribution in [0, 0.1) is 12.3 Å². The van der Waals surface area contributed by atoms with Gasteiger partial charge >= 0.3 is 0 Å². The van der Waals surface area contributed by atoms with E-state index in [9.17, 15) is 18.0 Å². The molecule has 0 bridgehead atoms. The van der Waals surface area contributed by atoms with Gasteiger partial charge in [-0.05, 0) is 25.0 Å². The molecule has 2 fully saturated rings. The van der Waals surface area contributed by atoms with Gasteiger partial charge in [-0.25, -0.2) is 13.1 Å². The van der Waals surface area contributed by atoms with Crippen molar-refractivity contribution in [2.75, 3.05) is 19.6 Å². The molecule has 150 valence electrons. The normalized spacial score (nSPS) is 24.8. The number of benzene rings is 1. The van der Waals surface area contributed by atoms with Gasteiger partial charge in [0.1, 0.15) is 0 Å². The Morgan fingerprint density at radius 2 is 2.07 bits per heavy atom. The van der Waals surface area contributed by atoms with E-state index in [2.05, 4.69) is 21.3 Å². The standard InChI is InChI=1S/C19H24N4O4S/c1-2-10-20-18(24)9-8-15-12-21-19(25)17-11-14(13-23(15)17)22-28(26,27)16-6-4-3-5-7-16/h1,3-7,14-15,17,22H,8-13H2,(H,20,24)(H,21,25)/t14-,15+,17-/m0/s1. The van der Waals surface area contributed by atoms with E-state index in [0.29, 0.717) is 32.4 Å². The van der Waals surface area contributed by atoms with Crippen molar-refractivity contribution in [3.63, 3.8) is 0 Å². The summed E-state index contributed by atoms with van der Waals surface area (Å²) in [6.07, 6.45) is 6.39. The van der Waals surface area contributed by atoms with E-state index in [1.807, 2.05) is 4.90 Å². The Kier molecular flexibility index (Phi) is 6.34. The number of rotatable bonds is 7. The molecule has 0 unspecified atom stereocenters. The van der Waals surface area contributed by atoms with E-state index >= 15 is 0 Å². The first-order valence-electron chi connectivity index (χ1n) is 9.21. The van der Waals surface area contributed by atoms with E-state index in [0.717, 1.165) is 0 Å². The molecule has 2 heterocycles. The van der Waals surface area contributed by atoms with Gasteiger partial charge in [0.15, 0.2) is 0 Å². The highest BCUT2D eigenvalue weighted by atomic mass is 32.2. The van der Waals surface area contributed by atoms with E-state index in [4.69, 9.17) is 6.42 Å². The number of terminal acetylenes is 1. The highest BCUT2D eigenvalue weighted by Crippen LogP contribution is 2.26. The molecule has 1 aromatic rings. The molecule has 1 aromatic carbocycles. The summed E-state index contributed by atoms with van der Waals surface area (Å²) in [5, 5.41) is 5.49. The van der Waals surface area contributed by atoms with Crippen LogP contribution in [0.1, 0.15) is 19.3 Å². The molecule has 0 spiro atoms. The zero-order valence-corrected chi connectivity index (χ0v) is 16.2. The van der Waals surface area contributed by atoms with Crippen LogP contribution < -0.4 is 15.4 Å². The number of nitrogens with zero attached hydrogens (tertiary/aromatic N) is 1. The predicted molar refractivity (Wildman–Crippen MR) is 104 cm³/mol. The van der Waals surface area contributed by atoms with Gasteiger partial charge in [0, 0.05) is 31.6 Å². The molecule has 28 heavy (non-hydrogen) atoms. The third kappa shape index (κ3) is 4.70. The molecule has 3 atom stereocenters. The number of piperazine rings is 1. The van der Waals surface area contributed by atoms with Crippen molar-refractivity contribution in [2.45, 2.75) is 42.3 Å². The average Bonchev–Trinajstić information content (AvgIpc) is 3.10. The summed E-state index contributed by atoms with van der Waals surface area (Å²) in [6.45, 7) is 1.06. The van der Waals surface area contributed by atoms with Gasteiger partial charge in [0.25, 0.3) is 0 Å². The van der Waals surface area contributed by atoms with Gasteiger partial charge in [-0.3, -0.25) is 14.5 Å². The van der Waals surface area contributed by atoms with Crippen molar-refractivity contribution in [2.24, 2.45) is 0 Å². The van der Waals surface area contributed by atoms with Gasteiger partial charge < -0.3 is 10.6 Å². The SMILES string of the molecule is C#CCNC(=O)CC[C@@H]1CNC(=O)[C@@H]2C[C@H](NS(=O)(=O)c3ccccc3)CN12. The fourth-order valence-corrected chi connectivity index (χ4v) is 5.01. The zero-order valence-electron chi connectivity index (χ0n) is 15.4. The second-order valence-corrected chi connectivity index (χ2v) is 8.71. The largest absolute Gasteiger partial charge is 0.353 e. The van der Waals surface area contributed by atoms with Crippen LogP contribution in [0.25, 0.3) is 0 Å². The lowest BCUT2D eigenvalue weighted by atomic mass is 10.0. The molecule has 3 N–H and O–H groups in total. The molecule has 2 amide bonds. The van der Waals surface area contributed by atoms with Crippen molar-refractivity contribution in [1.29, 1.82) is 0 Å². The summed E-state index contributed by atoms with van der Waals surface area (Å²) in [4.78, 5) is 26.3. The summed E-state index contributed by atoms with van der Waals surface area (Å²) in [7, 11) is -3.65. The minimum Gasteiger partial charge on any atom is -0.353 e. The summed E-state index contributed by atoms with van der Waals surface area (Å²) in [5.41, 5.74) is 0. The number of hydrogen-bond donors (Lipinski definition) is 3. The van der Waals surface area contributed by atoms with Crippen molar-refractivity contribution in [3.05, 3.63) is 30.3 Å². The fraction of sp³-hybridized carbons (Fsp3) is 0.474. The maximum Gasteiger partial charge on any atom is 0.240 e. The smallest absolute Gasteiger partial charge is 0.240 e. The first-order chi connectivity index (χ1) is 13.4. The van der Waals surface area contributed by atoms with Gasteiger partial charge in [-0.2, -0.15) is 0 Å². The quantitative estimate of drug-likeness (QED) is 0.528. The number of amides is 2. The summed E-state index contributed by atoms with van der Waals surface area (Å²) >= 11 is 0. The molecule has 0 aromatic heterocycles. The summed E-state index contributed by atoms with van der Waals surface area (Å²) in [6, 6.07) is 7.38. The van der Waals surface area contributed by atoms with Crippen LogP contribution in [-0.2, 0) is 19.6 Å². The number of sulfonamides is 1. The number of fused-ring (bicyclic) bond motifs is 1. The second-order valence-electron chi connectivity index (χ2n) is 7.00. The zero-order chi connectivity index (χ0) is 20.1. The van der Waals surface area contributed by atoms with Crippen LogP contribution in [0.15, 0.2) is 35.2 Å². The summed E-state index contributed by atoms with van der Waals surface area (Å²) < 4.78 is 27.9. The van der Waals surface area contributed by atoms with Crippen LogP contribution in [0.5, 0.6) is 0 Å². The highest BCUT2D eigenvalue weighted by molar-refractivity contribution is 7.89. The number of carbonyl (C=O) groups excluding carboxylic acids is 2. The lowest BCUT2D eigenvalue weighted by Gasteiger charge is -2.37. The van der Waals surface area contributed by atoms with E-state index in [-0.39, 0.29) is 35.3 Å². The van der Waals surface area contributed by atoms with Crippen LogP contribution in [-0.4, -0.2) is 62.9 Å². The Hall–Kier alpha value is -2.41. The highest BCUT2D eigenvalue weighted by Gasteiger charge is 2.44. The summed E-state index contributed by atoms with van der Waals surface area (Å²) in [5.74, 6) is 2.12. The molecule has 9 heteroatoms. The molecule has 0 aliphatic carbocycles. The average molecular weight is 404 g/mol. The third-order valence-corrected chi connectivity index (χ3v) is 6.63. The molecular weight excluding hydrogens is 380 g/mol. The molecule has 2 aliphatic heterocycles. The Morgan fingerprint density at radius 3 is 2.79 bits per heavy atom. The number of carbonyl (C=O) groups is 2. The molecule has 8 nitrogen and oxygen atoms in total. The van der Waals surface area contributed by atoms with E-state index in [1.165, 1.54) is 12.1 Å². The second kappa shape index (κ2) is 8.73.